The molecule has 4 heteroatoms. The van der Waals surface area contributed by atoms with Crippen molar-refractivity contribution in [2.24, 2.45) is 0 Å². The van der Waals surface area contributed by atoms with Crippen LogP contribution in [0, 0.1) is 0 Å². The van der Waals surface area contributed by atoms with Gasteiger partial charge in [-0.3, -0.25) is 0 Å². The van der Waals surface area contributed by atoms with Crippen molar-refractivity contribution in [2.75, 3.05) is 0 Å². The first-order chi connectivity index (χ1) is 32.7. The molecule has 0 fully saturated rings. The van der Waals surface area contributed by atoms with E-state index in [1.165, 1.54) is 49.0 Å². The Balaban J connectivity index is 1.06. The number of dihydropyridines is 1. The Kier molecular flexibility index (Phi) is 9.88. The van der Waals surface area contributed by atoms with Gasteiger partial charge in [-0.15, -0.1) is 0 Å². The average Bonchev–Trinajstić information content (AvgIpc) is 3.41. The van der Waals surface area contributed by atoms with Crippen molar-refractivity contribution in [3.63, 3.8) is 0 Å². The highest BCUT2D eigenvalue weighted by atomic mass is 15.0. The highest BCUT2D eigenvalue weighted by Crippen LogP contribution is 2.50. The first kappa shape index (κ1) is 38.9. The molecule has 11 aromatic rings. The standard InChI is InChI=1S/C62H42N4/c1-6-20-41(21-7-1)56-55(57(42-22-8-2-9-23-42)59(45-26-12-4-13-27-45)63-58(56)44-24-10-3-11-25-44)43-34-36-47(37-35-43)61-64-60(46-28-14-5-15-29-46)65-62(66-61)48-38-39-53-51-32-17-16-30-49(51)50-31-18-19-33-52(50)54(53)40-48/h1-40,58,63H. The van der Waals surface area contributed by atoms with Crippen molar-refractivity contribution in [3.8, 4) is 34.2 Å². The Morgan fingerprint density at radius 2 is 0.636 bits per heavy atom. The lowest BCUT2D eigenvalue weighted by Crippen LogP contribution is -2.27. The van der Waals surface area contributed by atoms with E-state index in [0.29, 0.717) is 17.5 Å². The van der Waals surface area contributed by atoms with Crippen molar-refractivity contribution in [2.45, 2.75) is 6.04 Å². The molecule has 66 heavy (non-hydrogen) atoms. The van der Waals surface area contributed by atoms with Crippen LogP contribution in [0.15, 0.2) is 243 Å². The Morgan fingerprint density at radius 1 is 0.273 bits per heavy atom. The van der Waals surface area contributed by atoms with Crippen LogP contribution in [-0.2, 0) is 0 Å². The maximum atomic E-state index is 5.27. The molecule has 12 rings (SSSR count). The quantitative estimate of drug-likeness (QED) is 0.155. The van der Waals surface area contributed by atoms with Gasteiger partial charge in [0.2, 0.25) is 0 Å². The molecule has 0 aliphatic carbocycles. The SMILES string of the molecule is c1ccc(C2=C(c3ccccc3)C(c3ccc(-c4nc(-c5ccccc5)nc(-c5ccc6c7ccccc7c7ccccc7c6c5)n4)cc3)=C(c3ccccc3)C(c3ccccc3)N2)cc1. The van der Waals surface area contributed by atoms with Crippen molar-refractivity contribution in [1.29, 1.82) is 0 Å². The molecule has 1 N–H and O–H groups in total. The highest BCUT2D eigenvalue weighted by Gasteiger charge is 2.33. The Bertz CT molecular complexity index is 3590. The van der Waals surface area contributed by atoms with Crippen LogP contribution in [0.3, 0.4) is 0 Å². The second-order valence-corrected chi connectivity index (χ2v) is 16.7. The van der Waals surface area contributed by atoms with Crippen molar-refractivity contribution < 1.29 is 0 Å². The lowest BCUT2D eigenvalue weighted by atomic mass is 9.77. The van der Waals surface area contributed by atoms with E-state index in [-0.39, 0.29) is 6.04 Å². The zero-order valence-electron chi connectivity index (χ0n) is 36.0. The van der Waals surface area contributed by atoms with Crippen LogP contribution in [0.1, 0.15) is 33.9 Å². The summed E-state index contributed by atoms with van der Waals surface area (Å²) in [7, 11) is 0. The van der Waals surface area contributed by atoms with E-state index < -0.39 is 0 Å². The first-order valence-electron chi connectivity index (χ1n) is 22.5. The second-order valence-electron chi connectivity index (χ2n) is 16.7. The van der Waals surface area contributed by atoms with E-state index in [9.17, 15) is 0 Å². The molecular formula is C62H42N4. The van der Waals surface area contributed by atoms with E-state index in [4.69, 9.17) is 15.0 Å². The van der Waals surface area contributed by atoms with Crippen molar-refractivity contribution >= 4 is 54.7 Å². The summed E-state index contributed by atoms with van der Waals surface area (Å²) in [5.74, 6) is 1.87. The van der Waals surface area contributed by atoms with Crippen LogP contribution < -0.4 is 5.32 Å². The predicted octanol–water partition coefficient (Wildman–Crippen LogP) is 15.2. The van der Waals surface area contributed by atoms with E-state index in [1.807, 2.05) is 18.2 Å². The van der Waals surface area contributed by atoms with Gasteiger partial charge in [0.1, 0.15) is 0 Å². The Hall–Kier alpha value is -8.73. The molecule has 1 aliphatic rings. The molecule has 1 atom stereocenters. The second kappa shape index (κ2) is 16.8. The Labute approximate surface area is 384 Å². The number of aromatic nitrogens is 3. The summed E-state index contributed by atoms with van der Waals surface area (Å²) in [6.45, 7) is 0. The number of hydrogen-bond acceptors (Lipinski definition) is 4. The van der Waals surface area contributed by atoms with Crippen LogP contribution in [0.5, 0.6) is 0 Å². The zero-order chi connectivity index (χ0) is 43.8. The fourth-order valence-electron chi connectivity index (χ4n) is 9.73. The van der Waals surface area contributed by atoms with E-state index in [1.54, 1.807) is 0 Å². The molecule has 0 spiro atoms. The minimum absolute atomic E-state index is 0.137. The molecule has 0 radical (unpaired) electrons. The summed E-state index contributed by atoms with van der Waals surface area (Å²) < 4.78 is 0. The van der Waals surface area contributed by atoms with Crippen molar-refractivity contribution in [1.82, 2.24) is 20.3 Å². The number of nitrogens with one attached hydrogen (secondary N) is 1. The average molecular weight is 843 g/mol. The zero-order valence-corrected chi connectivity index (χ0v) is 36.0. The molecule has 1 aromatic heterocycles. The van der Waals surface area contributed by atoms with Crippen LogP contribution in [0.2, 0.25) is 0 Å². The minimum atomic E-state index is -0.137. The third-order valence-electron chi connectivity index (χ3n) is 12.8. The Morgan fingerprint density at radius 3 is 1.18 bits per heavy atom. The van der Waals surface area contributed by atoms with Gasteiger partial charge in [-0.2, -0.15) is 0 Å². The first-order valence-corrected chi connectivity index (χ1v) is 22.5. The summed E-state index contributed by atoms with van der Waals surface area (Å²) in [6, 6.07) is 85.9. The molecule has 1 unspecified atom stereocenters. The van der Waals surface area contributed by atoms with Crippen LogP contribution in [0.25, 0.3) is 88.9 Å². The third-order valence-corrected chi connectivity index (χ3v) is 12.8. The highest BCUT2D eigenvalue weighted by molar-refractivity contribution is 6.26. The fraction of sp³-hybridized carbons (Fsp3) is 0.0161. The summed E-state index contributed by atoms with van der Waals surface area (Å²) in [4.78, 5) is 15.6. The lowest BCUT2D eigenvalue weighted by Gasteiger charge is -2.36. The van der Waals surface area contributed by atoms with Gasteiger partial charge in [0.15, 0.2) is 17.5 Å². The summed E-state index contributed by atoms with van der Waals surface area (Å²) in [5.41, 5.74) is 13.1. The van der Waals surface area contributed by atoms with Crippen LogP contribution >= 0.6 is 0 Å². The summed E-state index contributed by atoms with van der Waals surface area (Å²) in [5, 5.41) is 11.4. The molecule has 10 aromatic carbocycles. The van der Waals surface area contributed by atoms with Gasteiger partial charge in [0.25, 0.3) is 0 Å². The topological polar surface area (TPSA) is 50.7 Å². The van der Waals surface area contributed by atoms with Gasteiger partial charge in [-0.25, -0.2) is 15.0 Å². The molecule has 0 bridgehead atoms. The molecule has 4 nitrogen and oxygen atoms in total. The molecule has 310 valence electrons. The number of allylic oxidation sites excluding steroid dienone is 2. The lowest BCUT2D eigenvalue weighted by molar-refractivity contribution is 0.787. The molecule has 0 saturated heterocycles. The van der Waals surface area contributed by atoms with Gasteiger partial charge in [-0.05, 0) is 77.3 Å². The number of benzene rings is 10. The number of hydrogen-bond donors (Lipinski definition) is 1. The molecule has 2 heterocycles. The van der Waals surface area contributed by atoms with Crippen LogP contribution in [-0.4, -0.2) is 15.0 Å². The normalized spacial score (nSPS) is 13.9. The van der Waals surface area contributed by atoms with Gasteiger partial charge in [-0.1, -0.05) is 237 Å². The maximum Gasteiger partial charge on any atom is 0.164 e. The van der Waals surface area contributed by atoms with Crippen LogP contribution in [0.4, 0.5) is 0 Å². The molecule has 1 aliphatic heterocycles. The minimum Gasteiger partial charge on any atom is -0.373 e. The number of nitrogens with zero attached hydrogens (tertiary/aromatic N) is 3. The summed E-state index contributed by atoms with van der Waals surface area (Å²) >= 11 is 0. The van der Waals surface area contributed by atoms with Gasteiger partial charge in [0.05, 0.1) is 11.7 Å². The van der Waals surface area contributed by atoms with Gasteiger partial charge in [0, 0.05) is 22.3 Å². The number of rotatable bonds is 8. The smallest absolute Gasteiger partial charge is 0.164 e. The molecule has 0 amide bonds. The predicted molar refractivity (Wildman–Crippen MR) is 274 cm³/mol. The fourth-order valence-corrected chi connectivity index (χ4v) is 9.73. The monoisotopic (exact) mass is 842 g/mol. The molecular weight excluding hydrogens is 801 g/mol. The maximum absolute atomic E-state index is 5.27. The van der Waals surface area contributed by atoms with Crippen molar-refractivity contribution in [3.05, 3.63) is 270 Å². The molecule has 0 saturated carbocycles. The van der Waals surface area contributed by atoms with E-state index in [2.05, 4.69) is 230 Å². The van der Waals surface area contributed by atoms with E-state index >= 15 is 0 Å². The third kappa shape index (κ3) is 7.02. The van der Waals surface area contributed by atoms with E-state index in [0.717, 1.165) is 50.2 Å². The number of fused-ring (bicyclic) bond motifs is 6. The largest absolute Gasteiger partial charge is 0.373 e. The van der Waals surface area contributed by atoms with Gasteiger partial charge < -0.3 is 5.32 Å². The summed E-state index contributed by atoms with van der Waals surface area (Å²) in [6.07, 6.45) is 0. The van der Waals surface area contributed by atoms with Gasteiger partial charge >= 0.3 is 0 Å².